The molecule has 6 heteroatoms. The molecule has 0 fully saturated rings. The van der Waals surface area contributed by atoms with Gasteiger partial charge in [-0.25, -0.2) is 13.8 Å². The third-order valence-electron chi connectivity index (χ3n) is 1.44. The molecule has 1 rings (SSSR count). The van der Waals surface area contributed by atoms with Crippen LogP contribution in [0.15, 0.2) is 10.5 Å². The average Bonchev–Trinajstić information content (AvgIpc) is 2.02. The van der Waals surface area contributed by atoms with Crippen LogP contribution in [0.2, 0.25) is 5.15 Å². The molecule has 72 valence electrons. The van der Waals surface area contributed by atoms with Crippen molar-refractivity contribution < 1.29 is 8.78 Å². The van der Waals surface area contributed by atoms with Gasteiger partial charge in [-0.15, -0.1) is 0 Å². The van der Waals surface area contributed by atoms with Crippen LogP contribution in [0.3, 0.4) is 0 Å². The Morgan fingerprint density at radius 2 is 2.23 bits per heavy atom. The molecule has 0 saturated carbocycles. The van der Waals surface area contributed by atoms with Crippen molar-refractivity contribution in [2.45, 2.75) is 13.0 Å². The van der Waals surface area contributed by atoms with Crippen LogP contribution in [0.25, 0.3) is 0 Å². The minimum Gasteiger partial charge on any atom is -0.325 e. The number of pyridine rings is 1. The van der Waals surface area contributed by atoms with Crippen LogP contribution in [0, 0.1) is 0 Å². The fourth-order valence-corrected chi connectivity index (χ4v) is 1.87. The first-order valence-electron chi connectivity index (χ1n) is 3.39. The van der Waals surface area contributed by atoms with Gasteiger partial charge < -0.3 is 5.73 Å². The highest BCUT2D eigenvalue weighted by Gasteiger charge is 2.17. The molecule has 0 bridgehead atoms. The lowest BCUT2D eigenvalue weighted by molar-refractivity contribution is 0.150. The molecule has 0 aromatic carbocycles. The molecule has 0 spiro atoms. The van der Waals surface area contributed by atoms with Crippen molar-refractivity contribution in [2.75, 3.05) is 0 Å². The lowest BCUT2D eigenvalue weighted by Crippen LogP contribution is -2.02. The summed E-state index contributed by atoms with van der Waals surface area (Å²) in [5.41, 5.74) is 5.46. The molecule has 0 aliphatic rings. The minimum absolute atomic E-state index is 0.168. The van der Waals surface area contributed by atoms with Gasteiger partial charge in [0.15, 0.2) is 0 Å². The van der Waals surface area contributed by atoms with Crippen LogP contribution < -0.4 is 5.73 Å². The van der Waals surface area contributed by atoms with Crippen molar-refractivity contribution in [3.63, 3.8) is 0 Å². The lowest BCUT2D eigenvalue weighted by Gasteiger charge is -2.06. The summed E-state index contributed by atoms with van der Waals surface area (Å²) in [7, 11) is 0. The topological polar surface area (TPSA) is 38.9 Å². The van der Waals surface area contributed by atoms with Crippen LogP contribution in [0.5, 0.6) is 0 Å². The first-order valence-corrected chi connectivity index (χ1v) is 4.56. The molecule has 1 aromatic heterocycles. The number of halogens is 4. The van der Waals surface area contributed by atoms with E-state index in [4.69, 9.17) is 17.3 Å². The summed E-state index contributed by atoms with van der Waals surface area (Å²) in [4.78, 5) is 3.70. The minimum atomic E-state index is -2.64. The van der Waals surface area contributed by atoms with Gasteiger partial charge >= 0.3 is 0 Å². The summed E-state index contributed by atoms with van der Waals surface area (Å²) in [5, 5.41) is -0.204. The second-order valence-electron chi connectivity index (χ2n) is 2.30. The maximum absolute atomic E-state index is 12.3. The quantitative estimate of drug-likeness (QED) is 0.840. The second kappa shape index (κ2) is 4.30. The highest BCUT2D eigenvalue weighted by Crippen LogP contribution is 2.32. The van der Waals surface area contributed by atoms with Gasteiger partial charge in [-0.2, -0.15) is 0 Å². The summed E-state index contributed by atoms with van der Waals surface area (Å²) in [6.07, 6.45) is -2.64. The SMILES string of the molecule is NCc1cc(Br)c(C(F)F)c(Cl)n1. The second-order valence-corrected chi connectivity index (χ2v) is 3.52. The number of hydrogen-bond donors (Lipinski definition) is 1. The first kappa shape index (κ1) is 10.8. The smallest absolute Gasteiger partial charge is 0.267 e. The molecule has 2 N–H and O–H groups in total. The van der Waals surface area contributed by atoms with Gasteiger partial charge in [-0.05, 0) is 6.07 Å². The molecule has 13 heavy (non-hydrogen) atoms. The van der Waals surface area contributed by atoms with Crippen LogP contribution in [0.1, 0.15) is 17.7 Å². The van der Waals surface area contributed by atoms with E-state index in [9.17, 15) is 8.78 Å². The standard InChI is InChI=1S/C7H6BrClF2N2/c8-4-1-3(2-12)13-6(9)5(4)7(10)11/h1,7H,2,12H2. The predicted octanol–water partition coefficient (Wildman–Crippen LogP) is 2.89. The highest BCUT2D eigenvalue weighted by molar-refractivity contribution is 9.10. The Hall–Kier alpha value is -0.260. The number of rotatable bonds is 2. The Morgan fingerprint density at radius 3 is 2.62 bits per heavy atom. The van der Waals surface area contributed by atoms with Gasteiger partial charge in [0, 0.05) is 11.0 Å². The molecular weight excluding hydrogens is 265 g/mol. The van der Waals surface area contributed by atoms with Crippen molar-refractivity contribution in [1.29, 1.82) is 0 Å². The molecule has 0 aliphatic heterocycles. The monoisotopic (exact) mass is 270 g/mol. The number of nitrogens with two attached hydrogens (primary N) is 1. The third-order valence-corrected chi connectivity index (χ3v) is 2.39. The van der Waals surface area contributed by atoms with Crippen LogP contribution >= 0.6 is 27.5 Å². The maximum atomic E-state index is 12.3. The summed E-state index contributed by atoms with van der Waals surface area (Å²) < 4.78 is 24.9. The van der Waals surface area contributed by atoms with Gasteiger partial charge in [-0.1, -0.05) is 27.5 Å². The van der Waals surface area contributed by atoms with Crippen LogP contribution in [-0.4, -0.2) is 4.98 Å². The molecule has 0 unspecified atom stereocenters. The molecule has 0 aliphatic carbocycles. The Labute approximate surface area is 87.2 Å². The zero-order valence-corrected chi connectivity index (χ0v) is 8.74. The Bertz CT molecular complexity index is 296. The van der Waals surface area contributed by atoms with E-state index in [0.717, 1.165) is 0 Å². The molecule has 0 radical (unpaired) electrons. The summed E-state index contributed by atoms with van der Waals surface area (Å²) >= 11 is 8.51. The molecule has 0 atom stereocenters. The molecule has 1 heterocycles. The highest BCUT2D eigenvalue weighted by atomic mass is 79.9. The summed E-state index contributed by atoms with van der Waals surface area (Å²) in [5.74, 6) is 0. The van der Waals surface area contributed by atoms with Crippen molar-refractivity contribution in [3.8, 4) is 0 Å². The van der Waals surface area contributed by atoms with Crippen LogP contribution in [-0.2, 0) is 6.54 Å². The van der Waals surface area contributed by atoms with Crippen molar-refractivity contribution >= 4 is 27.5 Å². The Balaban J connectivity index is 3.23. The Kier molecular flexibility index (Phi) is 3.58. The molecule has 2 nitrogen and oxygen atoms in total. The van der Waals surface area contributed by atoms with E-state index in [1.807, 2.05) is 0 Å². The molecule has 0 saturated heterocycles. The molecule has 1 aromatic rings. The number of hydrogen-bond acceptors (Lipinski definition) is 2. The van der Waals surface area contributed by atoms with Gasteiger partial charge in [0.05, 0.1) is 11.3 Å². The van der Waals surface area contributed by atoms with E-state index in [0.29, 0.717) is 5.69 Å². The van der Waals surface area contributed by atoms with E-state index in [1.54, 1.807) is 0 Å². The van der Waals surface area contributed by atoms with Gasteiger partial charge in [0.25, 0.3) is 6.43 Å². The zero-order chi connectivity index (χ0) is 10.0. The Morgan fingerprint density at radius 1 is 1.62 bits per heavy atom. The summed E-state index contributed by atoms with van der Waals surface area (Å²) in [6, 6.07) is 1.44. The van der Waals surface area contributed by atoms with E-state index in [2.05, 4.69) is 20.9 Å². The lowest BCUT2D eigenvalue weighted by atomic mass is 10.2. The van der Waals surface area contributed by atoms with Crippen LogP contribution in [0.4, 0.5) is 8.78 Å². The third kappa shape index (κ3) is 2.36. The molecular formula is C7H6BrClF2N2. The largest absolute Gasteiger partial charge is 0.325 e. The van der Waals surface area contributed by atoms with Crippen molar-refractivity contribution in [1.82, 2.24) is 4.98 Å². The fraction of sp³-hybridized carbons (Fsp3) is 0.286. The van der Waals surface area contributed by atoms with E-state index in [1.165, 1.54) is 6.07 Å². The van der Waals surface area contributed by atoms with E-state index >= 15 is 0 Å². The van der Waals surface area contributed by atoms with Gasteiger partial charge in [0.2, 0.25) is 0 Å². The van der Waals surface area contributed by atoms with Gasteiger partial charge in [0.1, 0.15) is 5.15 Å². The molecule has 0 amide bonds. The zero-order valence-electron chi connectivity index (χ0n) is 6.40. The maximum Gasteiger partial charge on any atom is 0.267 e. The summed E-state index contributed by atoms with van der Waals surface area (Å²) in [6.45, 7) is 0.168. The number of nitrogens with zero attached hydrogens (tertiary/aromatic N) is 1. The predicted molar refractivity (Wildman–Crippen MR) is 49.8 cm³/mol. The van der Waals surface area contributed by atoms with E-state index in [-0.39, 0.29) is 21.7 Å². The van der Waals surface area contributed by atoms with E-state index < -0.39 is 6.43 Å². The average molecular weight is 271 g/mol. The number of alkyl halides is 2. The van der Waals surface area contributed by atoms with Gasteiger partial charge in [-0.3, -0.25) is 0 Å². The number of aromatic nitrogens is 1. The first-order chi connectivity index (χ1) is 6.06. The van der Waals surface area contributed by atoms with Crippen molar-refractivity contribution in [2.24, 2.45) is 5.73 Å². The fourth-order valence-electron chi connectivity index (χ4n) is 0.840. The normalized spacial score (nSPS) is 10.9. The van der Waals surface area contributed by atoms with Crippen molar-refractivity contribution in [3.05, 3.63) is 26.9 Å².